The standard InChI is InChI=1S/C45H70O17/c1-21-34-30(62-45(21)13-8-23(20-57-45)19-56-33(49)16-25(47)15-32(48)55-5)17-29-27-7-6-24-14-26(9-11-43(24,3)28(27)10-12-44(29,34)4)59-42-40(38(53)36(51)31(18-46)60-42)61-41-39(54)37(52)35(50)22(2)58-41/h6,21-23,25-31,34-42,46-47,50-54H,7-20H2,1-5H3/t21-,22-,23-,25-,26-,27+,28-,29-,30-,31+,34-,35-,36+,37+,38-,39+,40+,41-,42+,43-,44-,45+/m0/s1. The van der Waals surface area contributed by atoms with Gasteiger partial charge in [-0.2, -0.15) is 0 Å². The molecule has 3 saturated carbocycles. The van der Waals surface area contributed by atoms with Crippen LogP contribution in [0.4, 0.5) is 0 Å². The molecule has 4 saturated heterocycles. The number of aliphatic hydroxyl groups excluding tert-OH is 7. The summed E-state index contributed by atoms with van der Waals surface area (Å²) in [5, 5.41) is 73.2. The van der Waals surface area contributed by atoms with Gasteiger partial charge in [0.15, 0.2) is 18.4 Å². The van der Waals surface area contributed by atoms with Crippen molar-refractivity contribution < 1.29 is 83.2 Å². The summed E-state index contributed by atoms with van der Waals surface area (Å²) in [6.07, 6.45) is -5.24. The molecule has 0 aromatic rings. The normalized spacial score (nSPS) is 50.4. The van der Waals surface area contributed by atoms with E-state index in [9.17, 15) is 45.3 Å². The first-order valence-electron chi connectivity index (χ1n) is 23.0. The quantitative estimate of drug-likeness (QED) is 0.114. The van der Waals surface area contributed by atoms with Gasteiger partial charge in [-0.3, -0.25) is 9.59 Å². The maximum Gasteiger partial charge on any atom is 0.308 e. The van der Waals surface area contributed by atoms with Crippen molar-refractivity contribution in [2.24, 2.45) is 46.3 Å². The second-order valence-electron chi connectivity index (χ2n) is 20.3. The van der Waals surface area contributed by atoms with Crippen LogP contribution in [0.2, 0.25) is 0 Å². The first-order chi connectivity index (χ1) is 29.4. The molecule has 0 radical (unpaired) electrons. The van der Waals surface area contributed by atoms with Gasteiger partial charge in [-0.05, 0) is 92.8 Å². The topological polar surface area (TPSA) is 250 Å². The van der Waals surface area contributed by atoms with Gasteiger partial charge in [-0.25, -0.2) is 0 Å². The molecule has 0 aromatic carbocycles. The largest absolute Gasteiger partial charge is 0.469 e. The number of hydrogen-bond donors (Lipinski definition) is 7. The zero-order valence-corrected chi connectivity index (χ0v) is 36.7. The molecule has 4 heterocycles. The maximum atomic E-state index is 12.3. The van der Waals surface area contributed by atoms with Crippen LogP contribution in [0, 0.1) is 46.3 Å². The summed E-state index contributed by atoms with van der Waals surface area (Å²) in [5.41, 5.74) is 1.42. The lowest BCUT2D eigenvalue weighted by atomic mass is 9.47. The fraction of sp³-hybridized carbons (Fsp3) is 0.911. The average molecular weight is 883 g/mol. The zero-order chi connectivity index (χ0) is 44.5. The summed E-state index contributed by atoms with van der Waals surface area (Å²) in [4.78, 5) is 23.7. The van der Waals surface area contributed by atoms with Crippen molar-refractivity contribution in [1.82, 2.24) is 0 Å². The molecule has 22 atom stereocenters. The Bertz CT molecular complexity index is 1640. The molecule has 7 N–H and O–H groups in total. The number of ether oxygens (including phenoxy) is 8. The monoisotopic (exact) mass is 882 g/mol. The third-order valence-corrected chi connectivity index (χ3v) is 17.0. The Morgan fingerprint density at radius 2 is 1.63 bits per heavy atom. The summed E-state index contributed by atoms with van der Waals surface area (Å²) in [5.74, 6) is 0.272. The second kappa shape index (κ2) is 18.1. The van der Waals surface area contributed by atoms with E-state index in [1.165, 1.54) is 19.6 Å². The fourth-order valence-electron chi connectivity index (χ4n) is 13.4. The average Bonchev–Trinajstić information content (AvgIpc) is 3.69. The van der Waals surface area contributed by atoms with Crippen LogP contribution in [-0.2, 0) is 47.5 Å². The van der Waals surface area contributed by atoms with Gasteiger partial charge in [0.2, 0.25) is 0 Å². The Morgan fingerprint density at radius 3 is 2.34 bits per heavy atom. The Balaban J connectivity index is 0.881. The molecule has 1 spiro atoms. The smallest absolute Gasteiger partial charge is 0.308 e. The molecule has 8 rings (SSSR count). The molecule has 352 valence electrons. The van der Waals surface area contributed by atoms with Gasteiger partial charge in [-0.1, -0.05) is 32.4 Å². The third-order valence-electron chi connectivity index (χ3n) is 17.0. The number of carbonyl (C=O) groups is 2. The number of fused-ring (bicyclic) bond motifs is 7. The molecule has 17 heteroatoms. The predicted octanol–water partition coefficient (Wildman–Crippen LogP) is 1.23. The van der Waals surface area contributed by atoms with Gasteiger partial charge >= 0.3 is 11.9 Å². The molecule has 4 aliphatic heterocycles. The van der Waals surface area contributed by atoms with Crippen LogP contribution in [0.15, 0.2) is 11.6 Å². The number of rotatable bonds is 11. The van der Waals surface area contributed by atoms with Gasteiger partial charge in [0.25, 0.3) is 0 Å². The first-order valence-corrected chi connectivity index (χ1v) is 23.0. The summed E-state index contributed by atoms with van der Waals surface area (Å²) in [6, 6.07) is 0. The molecule has 0 bridgehead atoms. The molecule has 0 aromatic heterocycles. The lowest BCUT2D eigenvalue weighted by Crippen LogP contribution is -2.64. The summed E-state index contributed by atoms with van der Waals surface area (Å²) in [6.45, 7) is 8.73. The van der Waals surface area contributed by atoms with Crippen molar-refractivity contribution in [2.45, 2.75) is 184 Å². The summed E-state index contributed by atoms with van der Waals surface area (Å²) < 4.78 is 47.8. The van der Waals surface area contributed by atoms with Crippen molar-refractivity contribution in [1.29, 1.82) is 0 Å². The van der Waals surface area contributed by atoms with Crippen molar-refractivity contribution >= 4 is 11.9 Å². The molecule has 7 fully saturated rings. The fourth-order valence-corrected chi connectivity index (χ4v) is 13.4. The molecule has 4 aliphatic carbocycles. The Hall–Kier alpha value is -1.84. The van der Waals surface area contributed by atoms with Gasteiger partial charge in [0.05, 0.1) is 64.2 Å². The van der Waals surface area contributed by atoms with E-state index in [0.29, 0.717) is 43.1 Å². The highest BCUT2D eigenvalue weighted by Gasteiger charge is 2.69. The Kier molecular flexibility index (Phi) is 13.6. The SMILES string of the molecule is COC(=O)C[C@H](O)CC(=O)OC[C@@H]1CC[C@@]2(OC1)O[C@H]1C[C@H]3[C@@H]4CC=C5C[C@@H](O[C@@H]6O[C@H](CO)[C@@H](O)[C@H](O)[C@H]6O[C@@H]6O[C@@H](C)[C@H](O)[C@@H](O)[C@H]6O)CC[C@]5(C)[C@H]4CC[C@]3(C)[C@H]1[C@@H]2C. The first kappa shape index (κ1) is 46.7. The lowest BCUT2D eigenvalue weighted by molar-refractivity contribution is -0.369. The molecule has 0 unspecified atom stereocenters. The molecule has 0 amide bonds. The van der Waals surface area contributed by atoms with Crippen LogP contribution in [0.5, 0.6) is 0 Å². The van der Waals surface area contributed by atoms with Crippen LogP contribution in [0.1, 0.15) is 98.3 Å². The Morgan fingerprint density at radius 1 is 0.871 bits per heavy atom. The molecule has 8 aliphatic rings. The second-order valence-corrected chi connectivity index (χ2v) is 20.3. The molecular weight excluding hydrogens is 812 g/mol. The van der Waals surface area contributed by atoms with Gasteiger partial charge in [0, 0.05) is 18.3 Å². The van der Waals surface area contributed by atoms with Crippen LogP contribution < -0.4 is 0 Å². The maximum absolute atomic E-state index is 12.3. The highest BCUT2D eigenvalue weighted by Crippen LogP contribution is 2.70. The number of carbonyl (C=O) groups excluding carboxylic acids is 2. The van der Waals surface area contributed by atoms with E-state index in [1.807, 2.05) is 0 Å². The number of aliphatic hydroxyl groups is 7. The minimum atomic E-state index is -1.64. The van der Waals surface area contributed by atoms with Crippen molar-refractivity contribution in [2.75, 3.05) is 26.9 Å². The van der Waals surface area contributed by atoms with Crippen LogP contribution in [-0.4, -0.2) is 160 Å². The van der Waals surface area contributed by atoms with Crippen molar-refractivity contribution in [3.05, 3.63) is 11.6 Å². The minimum Gasteiger partial charge on any atom is -0.469 e. The van der Waals surface area contributed by atoms with Crippen LogP contribution in [0.3, 0.4) is 0 Å². The Labute approximate surface area is 363 Å². The van der Waals surface area contributed by atoms with E-state index < -0.39 is 91.8 Å². The summed E-state index contributed by atoms with van der Waals surface area (Å²) >= 11 is 0. The van der Waals surface area contributed by atoms with Crippen molar-refractivity contribution in [3.8, 4) is 0 Å². The molecular formula is C45H70O17. The van der Waals surface area contributed by atoms with E-state index in [4.69, 9.17) is 33.2 Å². The highest BCUT2D eigenvalue weighted by molar-refractivity contribution is 5.73. The summed E-state index contributed by atoms with van der Waals surface area (Å²) in [7, 11) is 1.23. The van der Waals surface area contributed by atoms with Gasteiger partial charge in [0.1, 0.15) is 42.7 Å². The van der Waals surface area contributed by atoms with Gasteiger partial charge in [-0.15, -0.1) is 0 Å². The van der Waals surface area contributed by atoms with Gasteiger partial charge < -0.3 is 73.6 Å². The number of methoxy groups -OCH3 is 1. The number of allylic oxidation sites excluding steroid dienone is 1. The van der Waals surface area contributed by atoms with Crippen LogP contribution in [0.25, 0.3) is 0 Å². The van der Waals surface area contributed by atoms with Crippen LogP contribution >= 0.6 is 0 Å². The van der Waals surface area contributed by atoms with E-state index in [2.05, 4.69) is 31.6 Å². The highest BCUT2D eigenvalue weighted by atomic mass is 16.8. The third kappa shape index (κ3) is 8.32. The van der Waals surface area contributed by atoms with E-state index in [1.54, 1.807) is 0 Å². The van der Waals surface area contributed by atoms with E-state index in [-0.39, 0.29) is 54.3 Å². The van der Waals surface area contributed by atoms with Crippen molar-refractivity contribution in [3.63, 3.8) is 0 Å². The van der Waals surface area contributed by atoms with E-state index >= 15 is 0 Å². The number of hydrogen-bond acceptors (Lipinski definition) is 17. The predicted molar refractivity (Wildman–Crippen MR) is 214 cm³/mol. The molecule has 62 heavy (non-hydrogen) atoms. The zero-order valence-electron chi connectivity index (χ0n) is 36.7. The van der Waals surface area contributed by atoms with E-state index in [0.717, 1.165) is 44.9 Å². The minimum absolute atomic E-state index is 0.0173. The molecule has 17 nitrogen and oxygen atoms in total. The number of esters is 2. The lowest BCUT2D eigenvalue weighted by Gasteiger charge is -2.58.